The number of rotatable bonds is 9. The molecule has 11 heteroatoms. The molecular weight excluding hydrogens is 554 g/mol. The molecule has 8 nitrogen and oxygen atoms in total. The van der Waals surface area contributed by atoms with Crippen LogP contribution in [0.3, 0.4) is 0 Å². The van der Waals surface area contributed by atoms with Crippen molar-refractivity contribution in [2.45, 2.75) is 18.2 Å². The Morgan fingerprint density at radius 1 is 1.00 bits per heavy atom. The van der Waals surface area contributed by atoms with E-state index in [-0.39, 0.29) is 10.8 Å². The molecule has 1 amide bonds. The molecule has 5 rings (SSSR count). The van der Waals surface area contributed by atoms with Crippen LogP contribution < -0.4 is 14.9 Å². The predicted octanol–water partition coefficient (Wildman–Crippen LogP) is 4.86. The molecule has 2 heterocycles. The van der Waals surface area contributed by atoms with Crippen LogP contribution in [0, 0.1) is 0 Å². The Balaban J connectivity index is 1.07. The zero-order valence-corrected chi connectivity index (χ0v) is 24.0. The van der Waals surface area contributed by atoms with Crippen molar-refractivity contribution < 1.29 is 13.2 Å². The molecule has 1 fully saturated rings. The van der Waals surface area contributed by atoms with Crippen LogP contribution in [0.4, 0.5) is 10.8 Å². The summed E-state index contributed by atoms with van der Waals surface area (Å²) in [5.74, 6) is -0.193. The molecular formula is C28H30ClN5O3S2. The van der Waals surface area contributed by atoms with Crippen LogP contribution in [0.1, 0.15) is 22.8 Å². The Hall–Kier alpha value is -3.18. The lowest BCUT2D eigenvalue weighted by molar-refractivity contribution is 0.0948. The maximum atomic E-state index is 12.6. The summed E-state index contributed by atoms with van der Waals surface area (Å²) in [5, 5.41) is 4.49. The van der Waals surface area contributed by atoms with Gasteiger partial charge >= 0.3 is 0 Å². The van der Waals surface area contributed by atoms with Gasteiger partial charge in [0.05, 0.1) is 15.1 Å². The highest BCUT2D eigenvalue weighted by atomic mass is 35.5. The number of piperazine rings is 1. The highest BCUT2D eigenvalue weighted by molar-refractivity contribution is 7.92. The molecule has 0 aliphatic carbocycles. The van der Waals surface area contributed by atoms with E-state index in [4.69, 9.17) is 16.6 Å². The van der Waals surface area contributed by atoms with Gasteiger partial charge in [-0.3, -0.25) is 14.4 Å². The van der Waals surface area contributed by atoms with E-state index < -0.39 is 10.0 Å². The van der Waals surface area contributed by atoms with Crippen LogP contribution in [0.15, 0.2) is 71.6 Å². The van der Waals surface area contributed by atoms with Gasteiger partial charge in [-0.2, -0.15) is 0 Å². The molecule has 1 aromatic heterocycles. The smallest absolute Gasteiger partial charge is 0.261 e. The summed E-state index contributed by atoms with van der Waals surface area (Å²) in [6.45, 7) is 7.09. The van der Waals surface area contributed by atoms with E-state index >= 15 is 0 Å². The van der Waals surface area contributed by atoms with Gasteiger partial charge in [0.15, 0.2) is 5.13 Å². The summed E-state index contributed by atoms with van der Waals surface area (Å²) < 4.78 is 28.8. The van der Waals surface area contributed by atoms with Crippen molar-refractivity contribution >= 4 is 59.9 Å². The Morgan fingerprint density at radius 2 is 1.72 bits per heavy atom. The second-order valence-electron chi connectivity index (χ2n) is 9.37. The van der Waals surface area contributed by atoms with Crippen molar-refractivity contribution in [1.82, 2.24) is 15.2 Å². The third-order valence-electron chi connectivity index (χ3n) is 6.73. The lowest BCUT2D eigenvalue weighted by atomic mass is 10.2. The van der Waals surface area contributed by atoms with Gasteiger partial charge in [-0.15, -0.1) is 0 Å². The standard InChI is InChI=1S/C28H30ClN5O3S2/c1-2-20-3-12-25-26(19-20)38-28(31-25)34-17-15-33(16-18-34)14-13-30-27(35)21-4-8-23(9-5-21)32-39(36,37)24-10-6-22(29)7-11-24/h3-12,19,32H,2,13-18H2,1H3,(H,30,35). The molecule has 0 saturated carbocycles. The van der Waals surface area contributed by atoms with E-state index in [0.29, 0.717) is 22.8 Å². The Kier molecular flexibility index (Phi) is 8.37. The molecule has 3 aromatic carbocycles. The van der Waals surface area contributed by atoms with Crippen LogP contribution in [-0.4, -0.2) is 63.5 Å². The van der Waals surface area contributed by atoms with Gasteiger partial charge < -0.3 is 10.2 Å². The minimum atomic E-state index is -3.74. The zero-order chi connectivity index (χ0) is 27.4. The largest absolute Gasteiger partial charge is 0.351 e. The minimum absolute atomic E-state index is 0.111. The van der Waals surface area contributed by atoms with Crippen molar-refractivity contribution in [3.63, 3.8) is 0 Å². The van der Waals surface area contributed by atoms with Crippen molar-refractivity contribution in [3.8, 4) is 0 Å². The maximum absolute atomic E-state index is 12.6. The molecule has 0 atom stereocenters. The molecule has 0 spiro atoms. The lowest BCUT2D eigenvalue weighted by Crippen LogP contribution is -2.48. The van der Waals surface area contributed by atoms with Gasteiger partial charge in [-0.05, 0) is 72.6 Å². The number of sulfonamides is 1. The molecule has 1 aliphatic heterocycles. The quantitative estimate of drug-likeness (QED) is 0.292. The molecule has 2 N–H and O–H groups in total. The molecule has 204 valence electrons. The average molecular weight is 584 g/mol. The fourth-order valence-corrected chi connectivity index (χ4v) is 6.69. The van der Waals surface area contributed by atoms with Crippen molar-refractivity contribution in [2.24, 2.45) is 0 Å². The number of thiazole rings is 1. The highest BCUT2D eigenvalue weighted by Crippen LogP contribution is 2.30. The molecule has 0 unspecified atom stereocenters. The van der Waals surface area contributed by atoms with Gasteiger partial charge in [0.1, 0.15) is 0 Å². The Morgan fingerprint density at radius 3 is 2.41 bits per heavy atom. The molecule has 4 aromatic rings. The molecule has 0 radical (unpaired) electrons. The summed E-state index contributed by atoms with van der Waals surface area (Å²) in [5.41, 5.74) is 3.23. The summed E-state index contributed by atoms with van der Waals surface area (Å²) >= 11 is 7.59. The van der Waals surface area contributed by atoms with Gasteiger partial charge in [0.25, 0.3) is 15.9 Å². The topological polar surface area (TPSA) is 94.6 Å². The number of amides is 1. The summed E-state index contributed by atoms with van der Waals surface area (Å²) in [7, 11) is -3.74. The highest BCUT2D eigenvalue weighted by Gasteiger charge is 2.20. The van der Waals surface area contributed by atoms with E-state index in [9.17, 15) is 13.2 Å². The van der Waals surface area contributed by atoms with Crippen LogP contribution in [-0.2, 0) is 16.4 Å². The first-order chi connectivity index (χ1) is 18.8. The number of nitrogens with one attached hydrogen (secondary N) is 2. The number of carbonyl (C=O) groups is 1. The van der Waals surface area contributed by atoms with E-state index in [2.05, 4.69) is 45.0 Å². The molecule has 0 bridgehead atoms. The number of fused-ring (bicyclic) bond motifs is 1. The molecule has 39 heavy (non-hydrogen) atoms. The van der Waals surface area contributed by atoms with Crippen molar-refractivity contribution in [1.29, 1.82) is 0 Å². The first-order valence-electron chi connectivity index (χ1n) is 12.8. The van der Waals surface area contributed by atoms with Gasteiger partial charge in [-0.1, -0.05) is 35.9 Å². The third kappa shape index (κ3) is 6.70. The number of aryl methyl sites for hydroxylation is 1. The van der Waals surface area contributed by atoms with Gasteiger partial charge in [-0.25, -0.2) is 13.4 Å². The van der Waals surface area contributed by atoms with Gasteiger partial charge in [0, 0.05) is 55.5 Å². The van der Waals surface area contributed by atoms with Crippen LogP contribution >= 0.6 is 22.9 Å². The van der Waals surface area contributed by atoms with E-state index in [1.807, 2.05) is 0 Å². The lowest BCUT2D eigenvalue weighted by Gasteiger charge is -2.34. The molecule has 1 aliphatic rings. The van der Waals surface area contributed by atoms with E-state index in [1.54, 1.807) is 35.6 Å². The molecule has 1 saturated heterocycles. The van der Waals surface area contributed by atoms with Crippen LogP contribution in [0.25, 0.3) is 10.2 Å². The summed E-state index contributed by atoms with van der Waals surface area (Å²) in [4.78, 5) is 22.2. The second-order valence-corrected chi connectivity index (χ2v) is 12.5. The monoisotopic (exact) mass is 583 g/mol. The van der Waals surface area contributed by atoms with Crippen molar-refractivity contribution in [2.75, 3.05) is 48.9 Å². The average Bonchev–Trinajstić information content (AvgIpc) is 3.37. The summed E-state index contributed by atoms with van der Waals surface area (Å²) in [6, 6.07) is 18.8. The number of halogens is 1. The van der Waals surface area contributed by atoms with Crippen LogP contribution in [0.2, 0.25) is 5.02 Å². The predicted molar refractivity (Wildman–Crippen MR) is 159 cm³/mol. The Bertz CT molecular complexity index is 1550. The SMILES string of the molecule is CCc1ccc2nc(N3CCN(CCNC(=O)c4ccc(NS(=O)(=O)c5ccc(Cl)cc5)cc4)CC3)sc2c1. The number of nitrogens with zero attached hydrogens (tertiary/aromatic N) is 3. The van der Waals surface area contributed by atoms with Gasteiger partial charge in [0.2, 0.25) is 0 Å². The fraction of sp³-hybridized carbons (Fsp3) is 0.286. The first-order valence-corrected chi connectivity index (χ1v) is 15.5. The van der Waals surface area contributed by atoms with E-state index in [0.717, 1.165) is 49.8 Å². The third-order valence-corrected chi connectivity index (χ3v) is 9.46. The number of benzene rings is 3. The number of hydrogen-bond acceptors (Lipinski definition) is 7. The number of carbonyl (C=O) groups excluding carboxylic acids is 1. The van der Waals surface area contributed by atoms with E-state index in [1.165, 1.54) is 34.5 Å². The minimum Gasteiger partial charge on any atom is -0.351 e. The fourth-order valence-electron chi connectivity index (χ4n) is 4.42. The van der Waals surface area contributed by atoms with Crippen molar-refractivity contribution in [3.05, 3.63) is 82.9 Å². The normalized spacial score (nSPS) is 14.5. The first kappa shape index (κ1) is 27.4. The summed E-state index contributed by atoms with van der Waals surface area (Å²) in [6.07, 6.45) is 1.02. The zero-order valence-electron chi connectivity index (χ0n) is 21.6. The number of aromatic nitrogens is 1. The second kappa shape index (κ2) is 11.9. The Labute approximate surface area is 237 Å². The number of anilines is 2. The van der Waals surface area contributed by atoms with Crippen LogP contribution in [0.5, 0.6) is 0 Å². The maximum Gasteiger partial charge on any atom is 0.261 e. The number of hydrogen-bond donors (Lipinski definition) is 2.